The molecule has 0 saturated heterocycles. The van der Waals surface area contributed by atoms with Crippen molar-refractivity contribution in [2.24, 2.45) is 5.41 Å². The van der Waals surface area contributed by atoms with Crippen LogP contribution in [0.5, 0.6) is 0 Å². The highest BCUT2D eigenvalue weighted by Crippen LogP contribution is 2.29. The van der Waals surface area contributed by atoms with Crippen LogP contribution >= 0.6 is 0 Å². The van der Waals surface area contributed by atoms with E-state index in [4.69, 9.17) is 0 Å². The second kappa shape index (κ2) is 3.45. The number of hydrogen-bond donors (Lipinski definition) is 0. The van der Waals surface area contributed by atoms with Crippen LogP contribution in [-0.4, -0.2) is 29.5 Å². The second-order valence-electron chi connectivity index (χ2n) is 4.49. The van der Waals surface area contributed by atoms with Crippen molar-refractivity contribution in [3.8, 4) is 0 Å². The van der Waals surface area contributed by atoms with Crippen LogP contribution in [0.3, 0.4) is 0 Å². The first-order valence-corrected chi connectivity index (χ1v) is 4.77. The maximum Gasteiger partial charge on any atom is 0.151 e. The summed E-state index contributed by atoms with van der Waals surface area (Å²) < 4.78 is 3.57. The molecule has 2 aromatic rings. The zero-order valence-electron chi connectivity index (χ0n) is 9.07. The summed E-state index contributed by atoms with van der Waals surface area (Å²) in [7, 11) is 0. The summed E-state index contributed by atoms with van der Waals surface area (Å²) in [5.41, 5.74) is -0.0125. The molecule has 0 spiro atoms. The number of rotatable bonds is 2. The van der Waals surface area contributed by atoms with E-state index in [-0.39, 0.29) is 11.6 Å². The van der Waals surface area contributed by atoms with Crippen LogP contribution in [0.15, 0.2) is 25.3 Å². The molecule has 0 unspecified atom stereocenters. The van der Waals surface area contributed by atoms with E-state index in [2.05, 4.69) is 40.9 Å². The molecule has 0 N–H and O–H groups in total. The van der Waals surface area contributed by atoms with Gasteiger partial charge in [-0.05, 0) is 0 Å². The highest BCUT2D eigenvalue weighted by atomic mass is 15.5. The minimum Gasteiger partial charge on any atom is -0.228 e. The van der Waals surface area contributed by atoms with Crippen LogP contribution in [-0.2, 0) is 0 Å². The molecule has 0 amide bonds. The van der Waals surface area contributed by atoms with Gasteiger partial charge in [-0.1, -0.05) is 20.8 Å². The summed E-state index contributed by atoms with van der Waals surface area (Å²) in [5, 5.41) is 8.31. The van der Waals surface area contributed by atoms with Gasteiger partial charge < -0.3 is 0 Å². The van der Waals surface area contributed by atoms with Gasteiger partial charge in [0.1, 0.15) is 25.3 Å². The summed E-state index contributed by atoms with van der Waals surface area (Å²) in [6, 6.07) is 0. The molecular formula is C9H14N6. The Bertz CT molecular complexity index is 362. The Morgan fingerprint density at radius 1 is 0.933 bits per heavy atom. The lowest BCUT2D eigenvalue weighted by molar-refractivity contribution is 0.173. The minimum atomic E-state index is -0.0125. The van der Waals surface area contributed by atoms with Gasteiger partial charge in [0, 0.05) is 5.41 Å². The number of nitrogens with zero attached hydrogens (tertiary/aromatic N) is 6. The van der Waals surface area contributed by atoms with Crippen LogP contribution in [0.1, 0.15) is 26.9 Å². The summed E-state index contributed by atoms with van der Waals surface area (Å²) in [6.07, 6.45) is 6.42. The molecule has 0 fully saturated rings. The summed E-state index contributed by atoms with van der Waals surface area (Å²) in [5.74, 6) is 0. The molecule has 0 aromatic carbocycles. The first kappa shape index (κ1) is 9.82. The Kier molecular flexibility index (Phi) is 2.26. The predicted molar refractivity (Wildman–Crippen MR) is 53.9 cm³/mol. The lowest BCUT2D eigenvalue weighted by atomic mass is 9.92. The van der Waals surface area contributed by atoms with Crippen LogP contribution < -0.4 is 0 Å². The van der Waals surface area contributed by atoms with Crippen molar-refractivity contribution in [3.05, 3.63) is 25.3 Å². The van der Waals surface area contributed by atoms with Crippen LogP contribution in [0, 0.1) is 5.41 Å². The van der Waals surface area contributed by atoms with E-state index >= 15 is 0 Å². The minimum absolute atomic E-state index is 0.0116. The Labute approximate surface area is 88.0 Å². The van der Waals surface area contributed by atoms with Crippen molar-refractivity contribution in [1.29, 1.82) is 0 Å². The van der Waals surface area contributed by atoms with Crippen LogP contribution in [0.2, 0.25) is 0 Å². The lowest BCUT2D eigenvalue weighted by Gasteiger charge is -2.30. The fourth-order valence-corrected chi connectivity index (χ4v) is 1.60. The van der Waals surface area contributed by atoms with E-state index in [9.17, 15) is 0 Å². The van der Waals surface area contributed by atoms with E-state index < -0.39 is 0 Å². The van der Waals surface area contributed by atoms with Gasteiger partial charge in [-0.3, -0.25) is 0 Å². The van der Waals surface area contributed by atoms with E-state index in [1.165, 1.54) is 12.7 Å². The van der Waals surface area contributed by atoms with E-state index in [0.29, 0.717) is 0 Å². The largest absolute Gasteiger partial charge is 0.228 e. The second-order valence-corrected chi connectivity index (χ2v) is 4.49. The Morgan fingerprint density at radius 3 is 1.67 bits per heavy atom. The summed E-state index contributed by atoms with van der Waals surface area (Å²) >= 11 is 0. The van der Waals surface area contributed by atoms with E-state index in [1.54, 1.807) is 22.0 Å². The first-order chi connectivity index (χ1) is 7.09. The van der Waals surface area contributed by atoms with Crippen LogP contribution in [0.4, 0.5) is 0 Å². The molecule has 0 atom stereocenters. The Morgan fingerprint density at radius 2 is 1.40 bits per heavy atom. The average molecular weight is 206 g/mol. The maximum absolute atomic E-state index is 4.16. The molecule has 0 aliphatic carbocycles. The molecule has 6 heteroatoms. The Balaban J connectivity index is 2.42. The smallest absolute Gasteiger partial charge is 0.151 e. The molecule has 0 aliphatic rings. The highest BCUT2D eigenvalue weighted by molar-refractivity contribution is 4.81. The molecule has 15 heavy (non-hydrogen) atoms. The molecule has 2 rings (SSSR count). The maximum atomic E-state index is 4.16. The SMILES string of the molecule is CC(C)(C)C(n1cncn1)n1cncn1. The van der Waals surface area contributed by atoms with Gasteiger partial charge in [0.15, 0.2) is 6.17 Å². The topological polar surface area (TPSA) is 61.4 Å². The van der Waals surface area contributed by atoms with Crippen molar-refractivity contribution < 1.29 is 0 Å². The zero-order valence-corrected chi connectivity index (χ0v) is 9.07. The number of hydrogen-bond acceptors (Lipinski definition) is 4. The molecule has 0 radical (unpaired) electrons. The van der Waals surface area contributed by atoms with E-state index in [0.717, 1.165) is 0 Å². The predicted octanol–water partition coefficient (Wildman–Crippen LogP) is 0.963. The van der Waals surface area contributed by atoms with Crippen molar-refractivity contribution in [1.82, 2.24) is 29.5 Å². The van der Waals surface area contributed by atoms with Crippen molar-refractivity contribution in [2.75, 3.05) is 0 Å². The third-order valence-corrected chi connectivity index (χ3v) is 2.15. The van der Waals surface area contributed by atoms with Crippen molar-refractivity contribution in [3.63, 3.8) is 0 Å². The third-order valence-electron chi connectivity index (χ3n) is 2.15. The molecular weight excluding hydrogens is 192 g/mol. The third kappa shape index (κ3) is 1.88. The van der Waals surface area contributed by atoms with Gasteiger partial charge in [0.05, 0.1) is 0 Å². The molecule has 0 aliphatic heterocycles. The van der Waals surface area contributed by atoms with Gasteiger partial charge in [0.2, 0.25) is 0 Å². The van der Waals surface area contributed by atoms with Gasteiger partial charge in [-0.25, -0.2) is 19.3 Å². The molecule has 6 nitrogen and oxygen atoms in total. The van der Waals surface area contributed by atoms with E-state index in [1.807, 2.05) is 0 Å². The quantitative estimate of drug-likeness (QED) is 0.734. The first-order valence-electron chi connectivity index (χ1n) is 4.77. The molecule has 0 bridgehead atoms. The summed E-state index contributed by atoms with van der Waals surface area (Å²) in [6.45, 7) is 6.38. The fourth-order valence-electron chi connectivity index (χ4n) is 1.60. The molecule has 0 saturated carbocycles. The molecule has 80 valence electrons. The normalized spacial score (nSPS) is 12.3. The monoisotopic (exact) mass is 206 g/mol. The number of aromatic nitrogens is 6. The highest BCUT2D eigenvalue weighted by Gasteiger charge is 2.29. The fraction of sp³-hybridized carbons (Fsp3) is 0.556. The van der Waals surface area contributed by atoms with Gasteiger partial charge in [-0.2, -0.15) is 10.2 Å². The molecule has 2 aromatic heterocycles. The Hall–Kier alpha value is -1.72. The van der Waals surface area contributed by atoms with Crippen molar-refractivity contribution >= 4 is 0 Å². The van der Waals surface area contributed by atoms with Crippen LogP contribution in [0.25, 0.3) is 0 Å². The standard InChI is InChI=1S/C9H14N6/c1-9(2,3)8(14-6-10-4-12-14)15-7-11-5-13-15/h4-8H,1-3H3. The van der Waals surface area contributed by atoms with Crippen molar-refractivity contribution in [2.45, 2.75) is 26.9 Å². The molecule has 2 heterocycles. The van der Waals surface area contributed by atoms with Gasteiger partial charge in [-0.15, -0.1) is 0 Å². The summed E-state index contributed by atoms with van der Waals surface area (Å²) in [4.78, 5) is 7.91. The average Bonchev–Trinajstić information content (AvgIpc) is 2.73. The van der Waals surface area contributed by atoms with Gasteiger partial charge in [0.25, 0.3) is 0 Å². The lowest BCUT2D eigenvalue weighted by Crippen LogP contribution is -2.31. The zero-order chi connectivity index (χ0) is 10.9. The van der Waals surface area contributed by atoms with Gasteiger partial charge >= 0.3 is 0 Å².